The van der Waals surface area contributed by atoms with E-state index in [-0.39, 0.29) is 0 Å². The van der Waals surface area contributed by atoms with E-state index in [1.54, 1.807) is 26.5 Å². The fourth-order valence-corrected chi connectivity index (χ4v) is 1.79. The molecule has 0 spiro atoms. The highest BCUT2D eigenvalue weighted by Gasteiger charge is 2.10. The molecule has 2 aromatic heterocycles. The van der Waals surface area contributed by atoms with E-state index in [0.717, 1.165) is 17.1 Å². The van der Waals surface area contributed by atoms with E-state index in [0.29, 0.717) is 24.6 Å². The van der Waals surface area contributed by atoms with Crippen LogP contribution in [-0.4, -0.2) is 24.4 Å². The first-order valence-corrected chi connectivity index (χ1v) is 5.93. The van der Waals surface area contributed by atoms with Crippen molar-refractivity contribution >= 4 is 0 Å². The third-order valence-electron chi connectivity index (χ3n) is 2.64. The van der Waals surface area contributed by atoms with Crippen molar-refractivity contribution in [2.45, 2.75) is 20.0 Å². The molecule has 6 heteroatoms. The molecule has 102 valence electrons. The maximum atomic E-state index is 5.31. The summed E-state index contributed by atoms with van der Waals surface area (Å²) in [6.45, 7) is 3.04. The summed E-state index contributed by atoms with van der Waals surface area (Å²) in [5.41, 5.74) is 1.65. The van der Waals surface area contributed by atoms with Gasteiger partial charge in [0.25, 0.3) is 0 Å². The molecule has 2 rings (SSSR count). The average Bonchev–Trinajstić information content (AvgIpc) is 2.84. The molecule has 0 aliphatic heterocycles. The van der Waals surface area contributed by atoms with Crippen LogP contribution >= 0.6 is 0 Å². The van der Waals surface area contributed by atoms with E-state index < -0.39 is 0 Å². The second-order valence-electron chi connectivity index (χ2n) is 4.03. The molecule has 0 fully saturated rings. The number of methoxy groups -OCH3 is 2. The number of rotatable bonds is 6. The SMILES string of the molecule is COc1ccnc(CNCc2cc(C)on2)c1OC. The minimum absolute atomic E-state index is 0.562. The molecule has 1 N–H and O–H groups in total. The number of hydrogen-bond acceptors (Lipinski definition) is 6. The Morgan fingerprint density at radius 1 is 1.26 bits per heavy atom. The van der Waals surface area contributed by atoms with E-state index in [1.807, 2.05) is 13.0 Å². The predicted molar refractivity (Wildman–Crippen MR) is 69.1 cm³/mol. The van der Waals surface area contributed by atoms with E-state index in [1.165, 1.54) is 0 Å². The topological polar surface area (TPSA) is 69.4 Å². The zero-order valence-electron chi connectivity index (χ0n) is 11.3. The molecular formula is C13H17N3O3. The van der Waals surface area contributed by atoms with Crippen LogP contribution in [0.5, 0.6) is 11.5 Å². The van der Waals surface area contributed by atoms with E-state index in [4.69, 9.17) is 14.0 Å². The summed E-state index contributed by atoms with van der Waals surface area (Å²) >= 11 is 0. The van der Waals surface area contributed by atoms with Crippen LogP contribution in [0.1, 0.15) is 17.1 Å². The number of nitrogens with zero attached hydrogens (tertiary/aromatic N) is 2. The molecule has 0 unspecified atom stereocenters. The van der Waals surface area contributed by atoms with Crippen LogP contribution in [0, 0.1) is 6.92 Å². The maximum absolute atomic E-state index is 5.31. The summed E-state index contributed by atoms with van der Waals surface area (Å²) in [4.78, 5) is 4.28. The lowest BCUT2D eigenvalue weighted by Crippen LogP contribution is -2.15. The number of aryl methyl sites for hydroxylation is 1. The van der Waals surface area contributed by atoms with Crippen LogP contribution in [-0.2, 0) is 13.1 Å². The van der Waals surface area contributed by atoms with Gasteiger partial charge in [0.05, 0.1) is 25.6 Å². The van der Waals surface area contributed by atoms with E-state index >= 15 is 0 Å². The van der Waals surface area contributed by atoms with Gasteiger partial charge in [0.2, 0.25) is 0 Å². The Morgan fingerprint density at radius 2 is 2.11 bits per heavy atom. The largest absolute Gasteiger partial charge is 0.493 e. The van der Waals surface area contributed by atoms with Gasteiger partial charge in [-0.2, -0.15) is 0 Å². The zero-order valence-corrected chi connectivity index (χ0v) is 11.3. The monoisotopic (exact) mass is 263 g/mol. The quantitative estimate of drug-likeness (QED) is 0.855. The summed E-state index contributed by atoms with van der Waals surface area (Å²) in [6.07, 6.45) is 1.69. The Labute approximate surface area is 111 Å². The number of nitrogens with one attached hydrogen (secondary N) is 1. The summed E-state index contributed by atoms with van der Waals surface area (Å²) in [7, 11) is 3.21. The van der Waals surface area contributed by atoms with Crippen LogP contribution in [0.15, 0.2) is 22.9 Å². The van der Waals surface area contributed by atoms with Gasteiger partial charge in [0.1, 0.15) is 5.76 Å². The lowest BCUT2D eigenvalue weighted by atomic mass is 10.3. The third-order valence-corrected chi connectivity index (χ3v) is 2.64. The molecular weight excluding hydrogens is 246 g/mol. The van der Waals surface area contributed by atoms with Crippen LogP contribution in [0.25, 0.3) is 0 Å². The van der Waals surface area contributed by atoms with Gasteiger partial charge >= 0.3 is 0 Å². The highest BCUT2D eigenvalue weighted by molar-refractivity contribution is 5.42. The lowest BCUT2D eigenvalue weighted by Gasteiger charge is -2.11. The highest BCUT2D eigenvalue weighted by atomic mass is 16.5. The van der Waals surface area contributed by atoms with Crippen molar-refractivity contribution in [2.75, 3.05) is 14.2 Å². The molecule has 0 atom stereocenters. The van der Waals surface area contributed by atoms with Crippen molar-refractivity contribution < 1.29 is 14.0 Å². The van der Waals surface area contributed by atoms with Gasteiger partial charge in [-0.25, -0.2) is 0 Å². The van der Waals surface area contributed by atoms with Crippen LogP contribution in [0.4, 0.5) is 0 Å². The van der Waals surface area contributed by atoms with Crippen molar-refractivity contribution in [3.05, 3.63) is 35.5 Å². The highest BCUT2D eigenvalue weighted by Crippen LogP contribution is 2.28. The molecule has 0 amide bonds. The van der Waals surface area contributed by atoms with Gasteiger partial charge < -0.3 is 19.3 Å². The van der Waals surface area contributed by atoms with Crippen molar-refractivity contribution in [1.29, 1.82) is 0 Å². The molecule has 0 aliphatic carbocycles. The van der Waals surface area contributed by atoms with Gasteiger partial charge in [-0.05, 0) is 6.92 Å². The fraction of sp³-hybridized carbons (Fsp3) is 0.385. The van der Waals surface area contributed by atoms with Crippen molar-refractivity contribution in [1.82, 2.24) is 15.5 Å². The Kier molecular flexibility index (Phi) is 4.35. The minimum Gasteiger partial charge on any atom is -0.493 e. The fourth-order valence-electron chi connectivity index (χ4n) is 1.79. The van der Waals surface area contributed by atoms with Gasteiger partial charge in [-0.1, -0.05) is 5.16 Å². The Morgan fingerprint density at radius 3 is 2.74 bits per heavy atom. The Hall–Kier alpha value is -2.08. The molecule has 0 saturated heterocycles. The first-order chi connectivity index (χ1) is 9.24. The molecule has 2 heterocycles. The maximum Gasteiger partial charge on any atom is 0.183 e. The smallest absolute Gasteiger partial charge is 0.183 e. The summed E-state index contributed by atoms with van der Waals surface area (Å²) in [6, 6.07) is 3.66. The number of aromatic nitrogens is 2. The second-order valence-corrected chi connectivity index (χ2v) is 4.03. The van der Waals surface area contributed by atoms with Crippen LogP contribution in [0.2, 0.25) is 0 Å². The molecule has 0 saturated carbocycles. The Balaban J connectivity index is 1.99. The predicted octanol–water partition coefficient (Wildman–Crippen LogP) is 1.69. The average molecular weight is 263 g/mol. The molecule has 19 heavy (non-hydrogen) atoms. The van der Waals surface area contributed by atoms with E-state index in [9.17, 15) is 0 Å². The number of ether oxygens (including phenoxy) is 2. The Bertz CT molecular complexity index is 540. The van der Waals surface area contributed by atoms with Gasteiger partial charge in [-0.15, -0.1) is 0 Å². The zero-order chi connectivity index (χ0) is 13.7. The molecule has 0 aromatic carbocycles. The van der Waals surface area contributed by atoms with Crippen molar-refractivity contribution in [2.24, 2.45) is 0 Å². The lowest BCUT2D eigenvalue weighted by molar-refractivity contribution is 0.348. The number of hydrogen-bond donors (Lipinski definition) is 1. The minimum atomic E-state index is 0.562. The van der Waals surface area contributed by atoms with Crippen LogP contribution < -0.4 is 14.8 Å². The summed E-state index contributed by atoms with van der Waals surface area (Å²) < 4.78 is 15.5. The van der Waals surface area contributed by atoms with E-state index in [2.05, 4.69) is 15.5 Å². The molecule has 0 aliphatic rings. The molecule has 6 nitrogen and oxygen atoms in total. The molecule has 2 aromatic rings. The van der Waals surface area contributed by atoms with Crippen molar-refractivity contribution in [3.8, 4) is 11.5 Å². The third kappa shape index (κ3) is 3.23. The summed E-state index contributed by atoms with van der Waals surface area (Å²) in [5.74, 6) is 2.12. The molecule has 0 bridgehead atoms. The first-order valence-electron chi connectivity index (χ1n) is 5.93. The standard InChI is InChI=1S/C13H17N3O3/c1-9-6-10(16-19-9)7-14-8-11-13(18-3)12(17-2)4-5-15-11/h4-6,14H,7-8H2,1-3H3. The van der Waals surface area contributed by atoms with Crippen LogP contribution in [0.3, 0.4) is 0 Å². The number of pyridine rings is 1. The van der Waals surface area contributed by atoms with Gasteiger partial charge in [-0.3, -0.25) is 4.98 Å². The van der Waals surface area contributed by atoms with Crippen molar-refractivity contribution in [3.63, 3.8) is 0 Å². The second kappa shape index (κ2) is 6.19. The van der Waals surface area contributed by atoms with Gasteiger partial charge in [0, 0.05) is 31.4 Å². The normalized spacial score (nSPS) is 10.5. The molecule has 0 radical (unpaired) electrons. The summed E-state index contributed by atoms with van der Waals surface area (Å²) in [5, 5.41) is 7.15. The van der Waals surface area contributed by atoms with Gasteiger partial charge in [0.15, 0.2) is 11.5 Å². The first kappa shape index (κ1) is 13.4.